The van der Waals surface area contributed by atoms with Crippen LogP contribution >= 0.6 is 23.5 Å². The van der Waals surface area contributed by atoms with E-state index >= 15 is 0 Å². The average molecular weight is 790 g/mol. The molecule has 0 spiro atoms. The van der Waals surface area contributed by atoms with Gasteiger partial charge < -0.3 is 42.6 Å². The Kier molecular flexibility index (Phi) is 15.8. The molecule has 2 saturated heterocycles. The summed E-state index contributed by atoms with van der Waals surface area (Å²) in [4.78, 5) is 97.1. The molecule has 1 aromatic rings. The third-order valence-electron chi connectivity index (χ3n) is 7.19. The average Bonchev–Trinajstić information content (AvgIpc) is 3.03. The van der Waals surface area contributed by atoms with Crippen molar-refractivity contribution in [1.82, 2.24) is 0 Å². The predicted octanol–water partition coefficient (Wildman–Crippen LogP) is 2.02. The highest BCUT2D eigenvalue weighted by molar-refractivity contribution is 8.01. The Morgan fingerprint density at radius 3 is 1.47 bits per heavy atom. The number of ether oxygens (including phenoxy) is 9. The van der Waals surface area contributed by atoms with Crippen LogP contribution in [0.1, 0.15) is 48.5 Å². The van der Waals surface area contributed by atoms with Gasteiger partial charge in [-0.2, -0.15) is 0 Å². The van der Waals surface area contributed by atoms with Crippen molar-refractivity contribution >= 4 is 71.0 Å². The molecule has 0 radical (unpaired) electrons. The van der Waals surface area contributed by atoms with Gasteiger partial charge in [0.2, 0.25) is 0 Å². The van der Waals surface area contributed by atoms with Gasteiger partial charge in [0.15, 0.2) is 24.4 Å². The monoisotopic (exact) mass is 789 g/mol. The maximum Gasteiger partial charge on any atom is 0.303 e. The van der Waals surface area contributed by atoms with Crippen LogP contribution in [0.3, 0.4) is 0 Å². The van der Waals surface area contributed by atoms with Gasteiger partial charge in [0.1, 0.15) is 42.4 Å². The molecule has 0 bridgehead atoms. The molecule has 0 aromatic heterocycles. The Balaban J connectivity index is 2.21. The highest BCUT2D eigenvalue weighted by atomic mass is 32.2. The van der Waals surface area contributed by atoms with E-state index in [2.05, 4.69) is 0 Å². The first-order valence-electron chi connectivity index (χ1n) is 15.9. The summed E-state index contributed by atoms with van der Waals surface area (Å²) in [6, 6.07) is 5.34. The van der Waals surface area contributed by atoms with Gasteiger partial charge in [-0.1, -0.05) is 11.8 Å². The van der Waals surface area contributed by atoms with Crippen molar-refractivity contribution in [1.29, 1.82) is 0 Å². The van der Waals surface area contributed by atoms with Crippen LogP contribution in [0.25, 0.3) is 0 Å². The molecule has 53 heavy (non-hydrogen) atoms. The van der Waals surface area contributed by atoms with Crippen molar-refractivity contribution < 1.29 is 81.1 Å². The molecule has 21 heteroatoms. The molecule has 292 valence electrons. The van der Waals surface area contributed by atoms with Crippen LogP contribution in [0.15, 0.2) is 29.2 Å². The van der Waals surface area contributed by atoms with E-state index in [1.165, 1.54) is 24.3 Å². The quantitative estimate of drug-likeness (QED) is 0.113. The normalized spacial score (nSPS) is 28.0. The van der Waals surface area contributed by atoms with Gasteiger partial charge in [-0.15, -0.1) is 11.8 Å². The number of carbonyl (C=O) groups is 7. The lowest BCUT2D eigenvalue weighted by Gasteiger charge is -2.48. The summed E-state index contributed by atoms with van der Waals surface area (Å²) in [6.07, 6.45) is -9.85. The number of nitro groups is 1. The molecule has 19 nitrogen and oxygen atoms in total. The Labute approximate surface area is 311 Å². The number of rotatable bonds is 14. The molecule has 3 rings (SSSR count). The van der Waals surface area contributed by atoms with Gasteiger partial charge in [-0.25, -0.2) is 0 Å². The van der Waals surface area contributed by atoms with E-state index in [0.29, 0.717) is 4.90 Å². The molecule has 0 saturated carbocycles. The summed E-state index contributed by atoms with van der Waals surface area (Å²) in [5.74, 6) is -5.66. The van der Waals surface area contributed by atoms with E-state index in [0.717, 1.165) is 72.0 Å². The molecule has 2 fully saturated rings. The van der Waals surface area contributed by atoms with Gasteiger partial charge in [0, 0.05) is 65.5 Å². The van der Waals surface area contributed by atoms with Crippen molar-refractivity contribution in [2.75, 3.05) is 13.2 Å². The predicted molar refractivity (Wildman–Crippen MR) is 179 cm³/mol. The van der Waals surface area contributed by atoms with Gasteiger partial charge in [0.25, 0.3) is 5.69 Å². The molecule has 1 aromatic carbocycles. The Bertz CT molecular complexity index is 1540. The number of esters is 7. The largest absolute Gasteiger partial charge is 0.463 e. The minimum atomic E-state index is -1.55. The first-order valence-corrected chi connectivity index (χ1v) is 17.7. The minimum Gasteiger partial charge on any atom is -0.463 e. The van der Waals surface area contributed by atoms with Crippen molar-refractivity contribution in [2.45, 2.75) is 112 Å². The zero-order valence-electron chi connectivity index (χ0n) is 29.6. The maximum atomic E-state index is 12.6. The molecule has 2 aliphatic rings. The van der Waals surface area contributed by atoms with Crippen LogP contribution in [0, 0.1) is 10.1 Å². The number of benzene rings is 1. The van der Waals surface area contributed by atoms with Crippen LogP contribution in [0.5, 0.6) is 0 Å². The van der Waals surface area contributed by atoms with E-state index in [-0.39, 0.29) is 5.69 Å². The number of hydrogen-bond acceptors (Lipinski definition) is 20. The molecule has 10 atom stereocenters. The van der Waals surface area contributed by atoms with E-state index in [4.69, 9.17) is 42.6 Å². The fraction of sp³-hybridized carbons (Fsp3) is 0.594. The lowest BCUT2D eigenvalue weighted by molar-refractivity contribution is -0.384. The third-order valence-corrected chi connectivity index (χ3v) is 9.84. The molecule has 0 aliphatic carbocycles. The second-order valence-corrected chi connectivity index (χ2v) is 14.0. The van der Waals surface area contributed by atoms with Crippen LogP contribution in [-0.2, 0) is 76.2 Å². The first kappa shape index (κ1) is 42.9. The zero-order chi connectivity index (χ0) is 39.6. The fourth-order valence-electron chi connectivity index (χ4n) is 5.35. The summed E-state index contributed by atoms with van der Waals surface area (Å²) in [5.41, 5.74) is -2.79. The van der Waals surface area contributed by atoms with Gasteiger partial charge >= 0.3 is 41.8 Å². The SMILES string of the molecule is CC(=O)OC[C@H]1O[C@@H](S[C@@H]2[C@@H](OC(C)=O)[C@H](Sc3ccc([N+](=O)[O-])cc3)O[C@H](COC(C)=O)[C@H]2OC(C)=O)[C@H](OC(C)=O)[C@@H](OC(C)=O)[C@@H]1OC(C)=O. The van der Waals surface area contributed by atoms with E-state index < -0.39 is 119 Å². The minimum absolute atomic E-state index is 0.199. The number of non-ortho nitro benzene ring substituents is 1. The fourth-order valence-corrected chi connectivity index (χ4v) is 8.19. The maximum absolute atomic E-state index is 12.6. The third kappa shape index (κ3) is 12.9. The summed E-state index contributed by atoms with van der Waals surface area (Å²) in [5, 5.41) is 10.0. The second-order valence-electron chi connectivity index (χ2n) is 11.5. The van der Waals surface area contributed by atoms with E-state index in [1.807, 2.05) is 0 Å². The highest BCUT2D eigenvalue weighted by Crippen LogP contribution is 2.45. The number of nitro benzene ring substituents is 1. The summed E-state index contributed by atoms with van der Waals surface area (Å²) in [6.45, 7) is 6.64. The van der Waals surface area contributed by atoms with Crippen LogP contribution in [0.2, 0.25) is 0 Å². The van der Waals surface area contributed by atoms with Crippen LogP contribution in [0.4, 0.5) is 5.69 Å². The van der Waals surface area contributed by atoms with Crippen LogP contribution in [-0.4, -0.2) is 119 Å². The van der Waals surface area contributed by atoms with Crippen LogP contribution < -0.4 is 0 Å². The summed E-state index contributed by atoms with van der Waals surface area (Å²) < 4.78 is 50.9. The van der Waals surface area contributed by atoms with E-state index in [9.17, 15) is 43.7 Å². The number of thioether (sulfide) groups is 2. The number of hydrogen-bond donors (Lipinski definition) is 0. The molecule has 0 unspecified atom stereocenters. The zero-order valence-corrected chi connectivity index (χ0v) is 31.2. The molecule has 0 N–H and O–H groups in total. The van der Waals surface area contributed by atoms with Crippen molar-refractivity contribution in [3.63, 3.8) is 0 Å². The lowest BCUT2D eigenvalue weighted by atomic mass is 9.99. The molecule has 2 aliphatic heterocycles. The van der Waals surface area contributed by atoms with Crippen molar-refractivity contribution in [2.24, 2.45) is 0 Å². The molecule has 0 amide bonds. The standard InChI is InChI=1S/C32H39NO18S2/c1-14(34)43-12-23-25(45-16(3)36)27(47-18(5)38)28(48-19(6)39)31(50-23)53-30-26(46-17(4)37)24(13-44-15(2)35)51-32(29(30)49-20(7)40)52-22-10-8-21(9-11-22)33(41)42/h8-11,23-32H,12-13H2,1-7H3/t23-,24-,25-,26-,27+,28-,29-,30+,31+,32+/m1/s1. The molecular formula is C32H39NO18S2. The smallest absolute Gasteiger partial charge is 0.303 e. The van der Waals surface area contributed by atoms with Gasteiger partial charge in [-0.05, 0) is 12.1 Å². The summed E-state index contributed by atoms with van der Waals surface area (Å²) in [7, 11) is 0. The number of nitrogens with zero attached hydrogens (tertiary/aromatic N) is 1. The Morgan fingerprint density at radius 2 is 1.00 bits per heavy atom. The second kappa shape index (κ2) is 19.6. The first-order chi connectivity index (χ1) is 24.9. The van der Waals surface area contributed by atoms with Crippen molar-refractivity contribution in [3.05, 3.63) is 34.4 Å². The molecular weight excluding hydrogens is 750 g/mol. The summed E-state index contributed by atoms with van der Waals surface area (Å²) >= 11 is 1.76. The van der Waals surface area contributed by atoms with Gasteiger partial charge in [-0.3, -0.25) is 43.7 Å². The Hall–Kier alpha value is -4.47. The van der Waals surface area contributed by atoms with Crippen molar-refractivity contribution in [3.8, 4) is 0 Å². The topological polar surface area (TPSA) is 246 Å². The number of carbonyl (C=O) groups excluding carboxylic acids is 7. The van der Waals surface area contributed by atoms with Gasteiger partial charge in [0.05, 0.1) is 10.2 Å². The Morgan fingerprint density at radius 1 is 0.585 bits per heavy atom. The molecule has 2 heterocycles. The lowest BCUT2D eigenvalue weighted by Crippen LogP contribution is -2.64. The van der Waals surface area contributed by atoms with E-state index in [1.54, 1.807) is 0 Å². The highest BCUT2D eigenvalue weighted by Gasteiger charge is 2.57.